The lowest BCUT2D eigenvalue weighted by atomic mass is 9.96. The van der Waals surface area contributed by atoms with Crippen molar-refractivity contribution < 1.29 is 4.79 Å². The van der Waals surface area contributed by atoms with Crippen molar-refractivity contribution in [1.29, 1.82) is 0 Å². The van der Waals surface area contributed by atoms with Gasteiger partial charge in [0.05, 0.1) is 17.0 Å². The van der Waals surface area contributed by atoms with Gasteiger partial charge < -0.3 is 19.7 Å². The quantitative estimate of drug-likeness (QED) is 0.748. The van der Waals surface area contributed by atoms with Crippen molar-refractivity contribution in [3.63, 3.8) is 0 Å². The van der Waals surface area contributed by atoms with Crippen LogP contribution >= 0.6 is 0 Å². The van der Waals surface area contributed by atoms with Crippen LogP contribution in [0, 0.1) is 5.92 Å². The van der Waals surface area contributed by atoms with E-state index < -0.39 is 0 Å². The van der Waals surface area contributed by atoms with Gasteiger partial charge in [0, 0.05) is 45.0 Å². The van der Waals surface area contributed by atoms with E-state index in [-0.39, 0.29) is 5.92 Å². The molecule has 2 fully saturated rings. The monoisotopic (exact) mass is 389 g/mol. The normalized spacial score (nSPS) is 20.3. The van der Waals surface area contributed by atoms with Crippen LogP contribution in [0.25, 0.3) is 11.0 Å². The number of aromatic amines is 1. The number of fused-ring (bicyclic) bond motifs is 1. The molecule has 5 rings (SSSR count). The van der Waals surface area contributed by atoms with E-state index in [0.717, 1.165) is 69.1 Å². The Bertz CT molecular complexity index is 944. The maximum Gasteiger partial charge on any atom is 0.227 e. The number of piperazine rings is 1. The number of rotatable bonds is 3. The molecule has 1 amide bonds. The number of para-hydroxylation sites is 3. The molecule has 0 radical (unpaired) electrons. The van der Waals surface area contributed by atoms with Crippen molar-refractivity contribution in [1.82, 2.24) is 14.9 Å². The third-order valence-electron chi connectivity index (χ3n) is 6.16. The van der Waals surface area contributed by atoms with Crippen molar-refractivity contribution >= 4 is 28.6 Å². The first-order valence-electron chi connectivity index (χ1n) is 10.6. The van der Waals surface area contributed by atoms with Crippen LogP contribution in [0.1, 0.15) is 12.8 Å². The molecule has 6 heteroatoms. The molecule has 2 aliphatic heterocycles. The fourth-order valence-electron chi connectivity index (χ4n) is 4.54. The Balaban J connectivity index is 1.22. The zero-order valence-electron chi connectivity index (χ0n) is 16.6. The molecule has 1 aromatic heterocycles. The number of imidazole rings is 1. The number of amides is 1. The average molecular weight is 390 g/mol. The van der Waals surface area contributed by atoms with E-state index in [2.05, 4.69) is 43.9 Å². The summed E-state index contributed by atoms with van der Waals surface area (Å²) in [5.74, 6) is 1.25. The number of hydrogen-bond acceptors (Lipinski definition) is 4. The average Bonchev–Trinajstić information content (AvgIpc) is 3.24. The van der Waals surface area contributed by atoms with Gasteiger partial charge in [-0.2, -0.15) is 0 Å². The summed E-state index contributed by atoms with van der Waals surface area (Å²) in [6.07, 6.45) is 1.99. The van der Waals surface area contributed by atoms with Crippen molar-refractivity contribution in [2.75, 3.05) is 49.1 Å². The van der Waals surface area contributed by atoms with Crippen LogP contribution in [0.15, 0.2) is 54.6 Å². The summed E-state index contributed by atoms with van der Waals surface area (Å²) in [5, 5.41) is 0. The first-order chi connectivity index (χ1) is 14.3. The van der Waals surface area contributed by atoms with Crippen LogP contribution in [0.4, 0.5) is 11.6 Å². The number of carbonyl (C=O) groups excluding carboxylic acids is 1. The van der Waals surface area contributed by atoms with E-state index in [1.807, 2.05) is 30.3 Å². The maximum atomic E-state index is 13.2. The zero-order chi connectivity index (χ0) is 19.6. The van der Waals surface area contributed by atoms with Gasteiger partial charge in [0.15, 0.2) is 0 Å². The Labute approximate surface area is 171 Å². The Morgan fingerprint density at radius 1 is 0.897 bits per heavy atom. The second kappa shape index (κ2) is 7.78. The van der Waals surface area contributed by atoms with Crippen LogP contribution in [0.2, 0.25) is 0 Å². The van der Waals surface area contributed by atoms with E-state index in [9.17, 15) is 4.79 Å². The summed E-state index contributed by atoms with van der Waals surface area (Å²) in [6.45, 7) is 5.10. The minimum absolute atomic E-state index is 0.0558. The predicted octanol–water partition coefficient (Wildman–Crippen LogP) is 3.13. The number of benzene rings is 2. The lowest BCUT2D eigenvalue weighted by molar-refractivity contribution is -0.136. The molecule has 0 saturated carbocycles. The number of H-pyrrole nitrogens is 1. The molecule has 0 unspecified atom stereocenters. The minimum atomic E-state index is 0.0558. The Morgan fingerprint density at radius 3 is 2.45 bits per heavy atom. The highest BCUT2D eigenvalue weighted by molar-refractivity contribution is 5.81. The molecule has 1 atom stereocenters. The molecule has 1 N–H and O–H groups in total. The number of nitrogens with one attached hydrogen (secondary N) is 1. The number of hydrogen-bond donors (Lipinski definition) is 1. The van der Waals surface area contributed by atoms with E-state index in [4.69, 9.17) is 4.98 Å². The number of aromatic nitrogens is 2. The highest BCUT2D eigenvalue weighted by Crippen LogP contribution is 2.25. The van der Waals surface area contributed by atoms with Gasteiger partial charge in [-0.25, -0.2) is 4.98 Å². The molecule has 2 aliphatic rings. The molecular weight excluding hydrogens is 362 g/mol. The molecule has 0 aliphatic carbocycles. The van der Waals surface area contributed by atoms with Crippen LogP contribution in [0.5, 0.6) is 0 Å². The molecule has 6 nitrogen and oxygen atoms in total. The summed E-state index contributed by atoms with van der Waals surface area (Å²) < 4.78 is 0. The fraction of sp³-hybridized carbons (Fsp3) is 0.391. The molecule has 2 saturated heterocycles. The van der Waals surface area contributed by atoms with Gasteiger partial charge in [-0.3, -0.25) is 4.79 Å². The number of anilines is 2. The van der Waals surface area contributed by atoms with Crippen molar-refractivity contribution in [3.05, 3.63) is 54.6 Å². The van der Waals surface area contributed by atoms with Gasteiger partial charge in [0.2, 0.25) is 11.9 Å². The Morgan fingerprint density at radius 2 is 1.66 bits per heavy atom. The fourth-order valence-corrected chi connectivity index (χ4v) is 4.54. The van der Waals surface area contributed by atoms with E-state index in [1.165, 1.54) is 5.69 Å². The topological polar surface area (TPSA) is 55.5 Å². The van der Waals surface area contributed by atoms with Gasteiger partial charge in [0.25, 0.3) is 0 Å². The molecule has 0 spiro atoms. The summed E-state index contributed by atoms with van der Waals surface area (Å²) >= 11 is 0. The molecule has 3 aromatic rings. The maximum absolute atomic E-state index is 13.2. The second-order valence-corrected chi connectivity index (χ2v) is 8.01. The van der Waals surface area contributed by atoms with Crippen LogP contribution in [0.3, 0.4) is 0 Å². The lowest BCUT2D eigenvalue weighted by Crippen LogP contribution is -2.52. The number of carbonyl (C=O) groups is 1. The minimum Gasteiger partial charge on any atom is -0.368 e. The van der Waals surface area contributed by atoms with Crippen LogP contribution < -0.4 is 9.80 Å². The molecular formula is C23H27N5O. The Kier molecular flexibility index (Phi) is 4.84. The first kappa shape index (κ1) is 18.0. The highest BCUT2D eigenvalue weighted by Gasteiger charge is 2.32. The number of piperidine rings is 1. The molecule has 0 bridgehead atoms. The Hall–Kier alpha value is -3.02. The third-order valence-corrected chi connectivity index (χ3v) is 6.16. The van der Waals surface area contributed by atoms with E-state index in [0.29, 0.717) is 5.91 Å². The largest absolute Gasteiger partial charge is 0.368 e. The van der Waals surface area contributed by atoms with Crippen molar-refractivity contribution in [3.8, 4) is 0 Å². The summed E-state index contributed by atoms with van der Waals surface area (Å²) in [4.78, 5) is 28.0. The van der Waals surface area contributed by atoms with Crippen molar-refractivity contribution in [2.24, 2.45) is 5.92 Å². The zero-order valence-corrected chi connectivity index (χ0v) is 16.6. The smallest absolute Gasteiger partial charge is 0.227 e. The van der Waals surface area contributed by atoms with Crippen molar-refractivity contribution in [2.45, 2.75) is 12.8 Å². The van der Waals surface area contributed by atoms with Gasteiger partial charge in [-0.1, -0.05) is 30.3 Å². The summed E-state index contributed by atoms with van der Waals surface area (Å²) in [7, 11) is 0. The second-order valence-electron chi connectivity index (χ2n) is 8.01. The lowest BCUT2D eigenvalue weighted by Gasteiger charge is -2.39. The molecule has 29 heavy (non-hydrogen) atoms. The van der Waals surface area contributed by atoms with Gasteiger partial charge in [-0.05, 0) is 37.1 Å². The SMILES string of the molecule is O=C([C@H]1CCCN(c2nc3ccccc3[nH]2)C1)N1CCN(c2ccccc2)CC1. The van der Waals surface area contributed by atoms with Gasteiger partial charge >= 0.3 is 0 Å². The highest BCUT2D eigenvalue weighted by atomic mass is 16.2. The molecule has 150 valence electrons. The van der Waals surface area contributed by atoms with E-state index in [1.54, 1.807) is 0 Å². The number of nitrogens with zero attached hydrogens (tertiary/aromatic N) is 4. The van der Waals surface area contributed by atoms with Crippen LogP contribution in [-0.4, -0.2) is 60.0 Å². The summed E-state index contributed by atoms with van der Waals surface area (Å²) in [5.41, 5.74) is 3.27. The third kappa shape index (κ3) is 3.67. The standard InChI is InChI=1S/C23H27N5O/c29-22(27-15-13-26(14-16-27)19-8-2-1-3-9-19)18-7-6-12-28(17-18)23-24-20-10-4-5-11-21(20)25-23/h1-5,8-11,18H,6-7,12-17H2,(H,24,25)/t18-/m0/s1. The van der Waals surface area contributed by atoms with Gasteiger partial charge in [-0.15, -0.1) is 0 Å². The first-order valence-corrected chi connectivity index (χ1v) is 10.6. The van der Waals surface area contributed by atoms with Crippen LogP contribution in [-0.2, 0) is 4.79 Å². The van der Waals surface area contributed by atoms with E-state index >= 15 is 0 Å². The molecule has 3 heterocycles. The molecule has 2 aromatic carbocycles. The summed E-state index contributed by atoms with van der Waals surface area (Å²) in [6, 6.07) is 18.6. The predicted molar refractivity (Wildman–Crippen MR) is 116 cm³/mol. The van der Waals surface area contributed by atoms with Gasteiger partial charge in [0.1, 0.15) is 0 Å².